The van der Waals surface area contributed by atoms with Crippen molar-refractivity contribution in [1.29, 1.82) is 0 Å². The largest absolute Gasteiger partial charge is 0.490 e. The number of hydrazine groups is 1. The predicted octanol–water partition coefficient (Wildman–Crippen LogP) is 1.96. The molecule has 1 unspecified atom stereocenters. The van der Waals surface area contributed by atoms with Gasteiger partial charge in [-0.15, -0.1) is 0 Å². The fraction of sp³-hybridized carbons (Fsp3) is 0.353. The highest BCUT2D eigenvalue weighted by atomic mass is 79.9. The maximum Gasteiger partial charge on any atom is 0.269 e. The third-order valence-corrected chi connectivity index (χ3v) is 4.74. The van der Waals surface area contributed by atoms with Crippen LogP contribution in [0.1, 0.15) is 28.9 Å². The molecule has 0 aliphatic carbocycles. The Labute approximate surface area is 159 Å². The monoisotopic (exact) mass is 421 g/mol. The van der Waals surface area contributed by atoms with E-state index in [9.17, 15) is 4.79 Å². The number of halogens is 1. The van der Waals surface area contributed by atoms with E-state index >= 15 is 0 Å². The quantitative estimate of drug-likeness (QED) is 0.382. The molecule has 0 bridgehead atoms. The molecule has 5 N–H and O–H groups in total. The van der Waals surface area contributed by atoms with Gasteiger partial charge in [-0.05, 0) is 53.9 Å². The number of aryl methyl sites for hydroxylation is 1. The van der Waals surface area contributed by atoms with Crippen molar-refractivity contribution in [3.63, 3.8) is 0 Å². The summed E-state index contributed by atoms with van der Waals surface area (Å²) in [6, 6.07) is 5.44. The summed E-state index contributed by atoms with van der Waals surface area (Å²) >= 11 is 3.50. The number of nitrogens with zero attached hydrogens (tertiary/aromatic N) is 2. The average Bonchev–Trinajstić information content (AvgIpc) is 3.13. The summed E-state index contributed by atoms with van der Waals surface area (Å²) in [5.74, 6) is 5.58. The molecule has 9 heteroatoms. The fourth-order valence-electron chi connectivity index (χ4n) is 2.87. The molecular weight excluding hydrogens is 402 g/mol. The number of hydrogen-bond donors (Lipinski definition) is 3. The van der Waals surface area contributed by atoms with Gasteiger partial charge in [-0.1, -0.05) is 0 Å². The molecule has 2 heterocycles. The lowest BCUT2D eigenvalue weighted by Crippen LogP contribution is -2.31. The lowest BCUT2D eigenvalue weighted by Gasteiger charge is -2.15. The maximum atomic E-state index is 12.1. The second-order valence-corrected chi connectivity index (χ2v) is 6.81. The Morgan fingerprint density at radius 3 is 2.92 bits per heavy atom. The van der Waals surface area contributed by atoms with Crippen LogP contribution < -0.4 is 21.7 Å². The minimum atomic E-state index is -0.479. The molecule has 26 heavy (non-hydrogen) atoms. The molecule has 1 fully saturated rings. The smallest absolute Gasteiger partial charge is 0.269 e. The third kappa shape index (κ3) is 3.95. The van der Waals surface area contributed by atoms with E-state index in [2.05, 4.69) is 31.3 Å². The predicted molar refractivity (Wildman–Crippen MR) is 100 cm³/mol. The highest BCUT2D eigenvalue weighted by Gasteiger charge is 2.20. The number of carbonyl (C=O) groups is 1. The lowest BCUT2D eigenvalue weighted by atomic mass is 10.0. The van der Waals surface area contributed by atoms with Gasteiger partial charge in [0.1, 0.15) is 12.4 Å². The van der Waals surface area contributed by atoms with Gasteiger partial charge in [-0.25, -0.2) is 15.8 Å². The van der Waals surface area contributed by atoms with Crippen molar-refractivity contribution < 1.29 is 14.3 Å². The van der Waals surface area contributed by atoms with E-state index in [4.69, 9.17) is 21.1 Å². The minimum Gasteiger partial charge on any atom is -0.490 e. The van der Waals surface area contributed by atoms with Gasteiger partial charge in [-0.3, -0.25) is 10.2 Å². The van der Waals surface area contributed by atoms with E-state index in [1.165, 1.54) is 0 Å². The summed E-state index contributed by atoms with van der Waals surface area (Å²) in [4.78, 5) is 20.4. The summed E-state index contributed by atoms with van der Waals surface area (Å²) < 4.78 is 12.1. The number of nitrogens with one attached hydrogen (secondary N) is 1. The van der Waals surface area contributed by atoms with E-state index in [-0.39, 0.29) is 17.6 Å². The molecule has 8 nitrogen and oxygen atoms in total. The third-order valence-electron chi connectivity index (χ3n) is 4.12. The Morgan fingerprint density at radius 2 is 2.27 bits per heavy atom. The first-order valence-electron chi connectivity index (χ1n) is 8.19. The van der Waals surface area contributed by atoms with E-state index in [0.717, 1.165) is 23.9 Å². The van der Waals surface area contributed by atoms with Gasteiger partial charge >= 0.3 is 0 Å². The van der Waals surface area contributed by atoms with Crippen molar-refractivity contribution in [3.8, 4) is 17.0 Å². The van der Waals surface area contributed by atoms with Crippen LogP contribution >= 0.6 is 15.9 Å². The molecule has 1 atom stereocenters. The normalized spacial score (nSPS) is 16.5. The number of amides is 1. The average molecular weight is 422 g/mol. The molecule has 0 spiro atoms. The molecule has 2 aromatic rings. The van der Waals surface area contributed by atoms with Gasteiger partial charge in [0.25, 0.3) is 5.91 Å². The molecule has 3 rings (SSSR count). The summed E-state index contributed by atoms with van der Waals surface area (Å²) in [6.45, 7) is 2.97. The highest BCUT2D eigenvalue weighted by molar-refractivity contribution is 9.10. The van der Waals surface area contributed by atoms with E-state index in [1.807, 2.05) is 18.2 Å². The molecule has 1 amide bonds. The highest BCUT2D eigenvalue weighted by Crippen LogP contribution is 2.32. The van der Waals surface area contributed by atoms with Crippen LogP contribution in [0, 0.1) is 6.92 Å². The zero-order valence-electron chi connectivity index (χ0n) is 14.3. The van der Waals surface area contributed by atoms with Crippen LogP contribution in [0.25, 0.3) is 11.3 Å². The van der Waals surface area contributed by atoms with Gasteiger partial charge in [0.05, 0.1) is 27.5 Å². The number of carbonyl (C=O) groups excluding carboxylic acids is 1. The molecule has 0 radical (unpaired) electrons. The van der Waals surface area contributed by atoms with Gasteiger partial charge in [0.2, 0.25) is 5.95 Å². The van der Waals surface area contributed by atoms with Crippen molar-refractivity contribution in [2.24, 2.45) is 5.84 Å². The van der Waals surface area contributed by atoms with Gasteiger partial charge in [0.15, 0.2) is 0 Å². The van der Waals surface area contributed by atoms with Gasteiger partial charge in [0, 0.05) is 12.2 Å². The van der Waals surface area contributed by atoms with Crippen molar-refractivity contribution >= 4 is 27.8 Å². The van der Waals surface area contributed by atoms with Crippen LogP contribution in [-0.4, -0.2) is 35.2 Å². The molecule has 0 saturated carbocycles. The first-order valence-corrected chi connectivity index (χ1v) is 8.98. The summed E-state index contributed by atoms with van der Waals surface area (Å²) in [6.07, 6.45) is 2.20. The Kier molecular flexibility index (Phi) is 5.70. The minimum absolute atomic E-state index is 0.0842. The molecule has 1 aromatic carbocycles. The van der Waals surface area contributed by atoms with Crippen LogP contribution in [0.3, 0.4) is 0 Å². The van der Waals surface area contributed by atoms with Crippen LogP contribution in [0.15, 0.2) is 22.7 Å². The number of rotatable bonds is 5. The Hall–Kier alpha value is -2.23. The summed E-state index contributed by atoms with van der Waals surface area (Å²) in [7, 11) is 0. The molecule has 1 aromatic heterocycles. The van der Waals surface area contributed by atoms with Crippen LogP contribution in [-0.2, 0) is 4.74 Å². The zero-order valence-corrected chi connectivity index (χ0v) is 15.9. The Morgan fingerprint density at radius 1 is 1.46 bits per heavy atom. The first-order chi connectivity index (χ1) is 12.5. The van der Waals surface area contributed by atoms with Crippen LogP contribution in [0.5, 0.6) is 5.75 Å². The number of ether oxygens (including phenoxy) is 2. The van der Waals surface area contributed by atoms with Crippen LogP contribution in [0.2, 0.25) is 0 Å². The molecule has 1 saturated heterocycles. The maximum absolute atomic E-state index is 12.1. The number of hydrogen-bond acceptors (Lipinski definition) is 7. The summed E-state index contributed by atoms with van der Waals surface area (Å²) in [5, 5.41) is 0. The number of nitrogen functional groups attached to an aromatic ring is 2. The number of benzene rings is 1. The van der Waals surface area contributed by atoms with E-state index in [0.29, 0.717) is 29.3 Å². The zero-order chi connectivity index (χ0) is 18.7. The van der Waals surface area contributed by atoms with Gasteiger partial charge < -0.3 is 15.2 Å². The molecule has 1 aliphatic heterocycles. The topological polar surface area (TPSA) is 125 Å². The summed E-state index contributed by atoms with van der Waals surface area (Å²) in [5.41, 5.74) is 9.70. The van der Waals surface area contributed by atoms with Crippen molar-refractivity contribution in [1.82, 2.24) is 15.4 Å². The second-order valence-electron chi connectivity index (χ2n) is 5.96. The van der Waals surface area contributed by atoms with Crippen molar-refractivity contribution in [3.05, 3.63) is 33.9 Å². The van der Waals surface area contributed by atoms with Crippen molar-refractivity contribution in [2.45, 2.75) is 25.9 Å². The second kappa shape index (κ2) is 7.98. The molecular formula is C17H20BrN5O3. The standard InChI is InChI=1S/C17H20BrN5O3/c1-9-14(16(24)23-20)15(22-17(19)21-9)10-4-5-13(12(18)7-10)26-8-11-3-2-6-25-11/h4-5,7,11H,2-3,6,8,20H2,1H3,(H,23,24)(H2,19,21,22). The van der Waals surface area contributed by atoms with Crippen molar-refractivity contribution in [2.75, 3.05) is 18.9 Å². The molecule has 1 aliphatic rings. The van der Waals surface area contributed by atoms with E-state index in [1.54, 1.807) is 6.92 Å². The number of anilines is 1. The first kappa shape index (κ1) is 18.6. The van der Waals surface area contributed by atoms with Gasteiger partial charge in [-0.2, -0.15) is 0 Å². The number of aromatic nitrogens is 2. The number of nitrogens with two attached hydrogens (primary N) is 2. The lowest BCUT2D eigenvalue weighted by molar-refractivity contribution is 0.0677. The Bertz CT molecular complexity index is 824. The Balaban J connectivity index is 1.90. The van der Waals surface area contributed by atoms with E-state index < -0.39 is 5.91 Å². The SMILES string of the molecule is Cc1nc(N)nc(-c2ccc(OCC3CCCO3)c(Br)c2)c1C(=O)NN. The van der Waals surface area contributed by atoms with Crippen LogP contribution in [0.4, 0.5) is 5.95 Å². The fourth-order valence-corrected chi connectivity index (χ4v) is 3.36. The molecule has 138 valence electrons.